The Bertz CT molecular complexity index is 1240. The van der Waals surface area contributed by atoms with Gasteiger partial charge in [0.1, 0.15) is 21.8 Å². The van der Waals surface area contributed by atoms with E-state index in [4.69, 9.17) is 10.5 Å². The van der Waals surface area contributed by atoms with Crippen LogP contribution in [-0.4, -0.2) is 63.6 Å². The first-order chi connectivity index (χ1) is 16.9. The molecule has 2 aromatic carbocycles. The fourth-order valence-electron chi connectivity index (χ4n) is 3.60. The number of rotatable bonds is 10. The molecule has 0 saturated carbocycles. The Hall–Kier alpha value is -3.51. The lowest BCUT2D eigenvalue weighted by molar-refractivity contribution is -0.122. The zero-order valence-corrected chi connectivity index (χ0v) is 20.8. The molecule has 2 atom stereocenters. The molecule has 12 heteroatoms. The topological polar surface area (TPSA) is 148 Å². The van der Waals surface area contributed by atoms with E-state index >= 15 is 0 Å². The van der Waals surface area contributed by atoms with E-state index in [0.29, 0.717) is 16.8 Å². The van der Waals surface area contributed by atoms with Gasteiger partial charge in [-0.3, -0.25) is 14.5 Å². The lowest BCUT2D eigenvalue weighted by Gasteiger charge is -2.15. The van der Waals surface area contributed by atoms with E-state index < -0.39 is 39.8 Å². The number of carbonyl (C=O) groups is 3. The molecule has 0 aliphatic carbocycles. The fraction of sp³-hybridized carbons (Fsp3) is 0.375. The summed E-state index contributed by atoms with van der Waals surface area (Å²) in [4.78, 5) is 36.6. The number of amides is 3. The molecule has 194 valence electrons. The highest BCUT2D eigenvalue weighted by molar-refractivity contribution is 7.90. The summed E-state index contributed by atoms with van der Waals surface area (Å²) >= 11 is 0. The van der Waals surface area contributed by atoms with Crippen molar-refractivity contribution in [3.8, 4) is 11.1 Å². The molecule has 1 saturated heterocycles. The zero-order chi connectivity index (χ0) is 26.5. The van der Waals surface area contributed by atoms with Crippen molar-refractivity contribution in [1.82, 2.24) is 10.6 Å². The van der Waals surface area contributed by atoms with Gasteiger partial charge in [-0.1, -0.05) is 24.3 Å². The summed E-state index contributed by atoms with van der Waals surface area (Å²) in [7, 11) is -3.20. The molecular formula is C24H29FN4O6S. The van der Waals surface area contributed by atoms with Gasteiger partial charge in [-0.05, 0) is 35.7 Å². The first-order valence-electron chi connectivity index (χ1n) is 11.3. The van der Waals surface area contributed by atoms with Gasteiger partial charge in [-0.2, -0.15) is 0 Å². The number of benzene rings is 2. The van der Waals surface area contributed by atoms with E-state index in [1.807, 2.05) is 0 Å². The lowest BCUT2D eigenvalue weighted by atomic mass is 10.0. The molecular weight excluding hydrogens is 491 g/mol. The summed E-state index contributed by atoms with van der Waals surface area (Å²) in [5.74, 6) is -1.38. The molecule has 1 heterocycles. The number of anilines is 1. The van der Waals surface area contributed by atoms with Gasteiger partial charge in [0.25, 0.3) is 0 Å². The average Bonchev–Trinajstić information content (AvgIpc) is 3.20. The number of carbonyl (C=O) groups excluding carboxylic acids is 3. The summed E-state index contributed by atoms with van der Waals surface area (Å²) < 4.78 is 42.6. The number of nitrogens with zero attached hydrogens (tertiary/aromatic N) is 1. The second-order valence-electron chi connectivity index (χ2n) is 8.66. The summed E-state index contributed by atoms with van der Waals surface area (Å²) in [6.07, 6.45) is -0.0163. The van der Waals surface area contributed by atoms with Crippen LogP contribution in [0.3, 0.4) is 0 Å². The SMILES string of the molecule is CC(=O)NC[C@H]1CN(c2ccc(-c3ccc(CNC(=O)[C@H](N)CCS(C)(=O)=O)cc3)c(F)c2)C(=O)O1. The van der Waals surface area contributed by atoms with Crippen LogP contribution in [0.2, 0.25) is 0 Å². The maximum Gasteiger partial charge on any atom is 0.414 e. The minimum atomic E-state index is -3.20. The second kappa shape index (κ2) is 11.5. The van der Waals surface area contributed by atoms with Gasteiger partial charge in [0, 0.05) is 25.3 Å². The second-order valence-corrected chi connectivity index (χ2v) is 10.9. The lowest BCUT2D eigenvalue weighted by Crippen LogP contribution is -2.41. The zero-order valence-electron chi connectivity index (χ0n) is 20.0. The molecule has 0 unspecified atom stereocenters. The number of cyclic esters (lactones) is 1. The van der Waals surface area contributed by atoms with E-state index in [1.165, 1.54) is 17.9 Å². The van der Waals surface area contributed by atoms with Gasteiger partial charge in [-0.25, -0.2) is 17.6 Å². The van der Waals surface area contributed by atoms with Crippen LogP contribution < -0.4 is 21.3 Å². The van der Waals surface area contributed by atoms with Crippen LogP contribution in [0.4, 0.5) is 14.9 Å². The summed E-state index contributed by atoms with van der Waals surface area (Å²) in [6, 6.07) is 10.4. The van der Waals surface area contributed by atoms with Crippen LogP contribution in [0.25, 0.3) is 11.1 Å². The molecule has 10 nitrogen and oxygen atoms in total. The van der Waals surface area contributed by atoms with Gasteiger partial charge in [-0.15, -0.1) is 0 Å². The maximum atomic E-state index is 14.9. The van der Waals surface area contributed by atoms with E-state index in [0.717, 1.165) is 11.8 Å². The third-order valence-corrected chi connectivity index (χ3v) is 6.56. The smallest absolute Gasteiger partial charge is 0.414 e. The third-order valence-electron chi connectivity index (χ3n) is 5.59. The fourth-order valence-corrected chi connectivity index (χ4v) is 4.28. The summed E-state index contributed by atoms with van der Waals surface area (Å²) in [5.41, 5.74) is 7.77. The predicted molar refractivity (Wildman–Crippen MR) is 132 cm³/mol. The number of sulfone groups is 1. The summed E-state index contributed by atoms with van der Waals surface area (Å²) in [5, 5.41) is 5.25. The molecule has 1 fully saturated rings. The van der Waals surface area contributed by atoms with Gasteiger partial charge in [0.05, 0.1) is 30.6 Å². The molecule has 2 aromatic rings. The number of nitrogens with one attached hydrogen (secondary N) is 2. The van der Waals surface area contributed by atoms with Crippen LogP contribution in [-0.2, 0) is 30.7 Å². The first-order valence-corrected chi connectivity index (χ1v) is 13.3. The van der Waals surface area contributed by atoms with Crippen molar-refractivity contribution in [1.29, 1.82) is 0 Å². The largest absolute Gasteiger partial charge is 0.442 e. The monoisotopic (exact) mass is 520 g/mol. The molecule has 4 N–H and O–H groups in total. The molecule has 3 amide bonds. The van der Waals surface area contributed by atoms with Crippen LogP contribution in [0, 0.1) is 5.82 Å². The normalized spacial score (nSPS) is 16.4. The highest BCUT2D eigenvalue weighted by Crippen LogP contribution is 2.29. The Morgan fingerprint density at radius 1 is 1.19 bits per heavy atom. The van der Waals surface area contributed by atoms with Crippen molar-refractivity contribution in [3.63, 3.8) is 0 Å². The highest BCUT2D eigenvalue weighted by Gasteiger charge is 2.32. The average molecular weight is 521 g/mol. The van der Waals surface area contributed by atoms with E-state index in [2.05, 4.69) is 10.6 Å². The Morgan fingerprint density at radius 2 is 1.89 bits per heavy atom. The van der Waals surface area contributed by atoms with Crippen molar-refractivity contribution in [2.75, 3.05) is 30.0 Å². The van der Waals surface area contributed by atoms with Crippen molar-refractivity contribution in [3.05, 3.63) is 53.8 Å². The van der Waals surface area contributed by atoms with Gasteiger partial charge in [0.2, 0.25) is 11.8 Å². The van der Waals surface area contributed by atoms with Gasteiger partial charge >= 0.3 is 6.09 Å². The first kappa shape index (κ1) is 27.1. The molecule has 0 radical (unpaired) electrons. The number of ether oxygens (including phenoxy) is 1. The van der Waals surface area contributed by atoms with Crippen molar-refractivity contribution in [2.24, 2.45) is 5.73 Å². The molecule has 36 heavy (non-hydrogen) atoms. The Labute approximate surface area is 208 Å². The molecule has 1 aliphatic rings. The third kappa shape index (κ3) is 7.49. The quantitative estimate of drug-likeness (QED) is 0.428. The number of hydrogen-bond donors (Lipinski definition) is 3. The Kier molecular flexibility index (Phi) is 8.64. The molecule has 0 bridgehead atoms. The van der Waals surface area contributed by atoms with E-state index in [-0.39, 0.29) is 37.7 Å². The summed E-state index contributed by atoms with van der Waals surface area (Å²) in [6.45, 7) is 1.92. The van der Waals surface area contributed by atoms with Crippen LogP contribution in [0.1, 0.15) is 18.9 Å². The standard InChI is InChI=1S/C24H29FN4O6S/c1-15(30)27-13-19-14-29(24(32)35-19)18-7-8-20(21(25)11-18)17-5-3-16(4-6-17)12-28-23(31)22(26)9-10-36(2,33)34/h3-8,11,19,22H,9-10,12-14,26H2,1-2H3,(H,27,30)(H,28,31)/t19-,22+/m0/s1. The number of hydrogen-bond acceptors (Lipinski definition) is 7. The van der Waals surface area contributed by atoms with Crippen LogP contribution >= 0.6 is 0 Å². The van der Waals surface area contributed by atoms with Gasteiger partial charge in [0.15, 0.2) is 0 Å². The molecule has 3 rings (SSSR count). The van der Waals surface area contributed by atoms with Crippen molar-refractivity contribution >= 4 is 33.4 Å². The highest BCUT2D eigenvalue weighted by atomic mass is 32.2. The molecule has 1 aliphatic heterocycles. The number of halogens is 1. The van der Waals surface area contributed by atoms with Crippen molar-refractivity contribution in [2.45, 2.75) is 32.0 Å². The Morgan fingerprint density at radius 3 is 2.50 bits per heavy atom. The van der Waals surface area contributed by atoms with Crippen LogP contribution in [0.5, 0.6) is 0 Å². The minimum absolute atomic E-state index is 0.0317. The maximum absolute atomic E-state index is 14.9. The Balaban J connectivity index is 1.59. The van der Waals surface area contributed by atoms with Crippen molar-refractivity contribution < 1.29 is 31.9 Å². The van der Waals surface area contributed by atoms with E-state index in [1.54, 1.807) is 36.4 Å². The molecule has 0 aromatic heterocycles. The predicted octanol–water partition coefficient (Wildman–Crippen LogP) is 1.33. The van der Waals surface area contributed by atoms with Crippen LogP contribution in [0.15, 0.2) is 42.5 Å². The van der Waals surface area contributed by atoms with E-state index in [9.17, 15) is 27.2 Å². The molecule has 0 spiro atoms. The minimum Gasteiger partial charge on any atom is -0.442 e. The number of nitrogens with two attached hydrogens (primary N) is 1. The van der Waals surface area contributed by atoms with Gasteiger partial charge < -0.3 is 21.1 Å².